The molecule has 0 bridgehead atoms. The summed E-state index contributed by atoms with van der Waals surface area (Å²) in [6.45, 7) is 11.1. The first-order valence-electron chi connectivity index (χ1n) is 19.0. The van der Waals surface area contributed by atoms with Crippen LogP contribution in [0.25, 0.3) is 83.0 Å². The van der Waals surface area contributed by atoms with Gasteiger partial charge in [0.25, 0.3) is 0 Å². The Balaban J connectivity index is 1.26. The number of benzene rings is 5. The molecule has 5 aromatic carbocycles. The smallest absolute Gasteiger partial charge is 0.227 e. The Kier molecular flexibility index (Phi) is 6.08. The van der Waals surface area contributed by atoms with E-state index in [0.29, 0.717) is 11.3 Å². The first kappa shape index (κ1) is 27.9. The topological polar surface area (TPSA) is 56.7 Å². The third kappa shape index (κ3) is 5.02. The van der Waals surface area contributed by atoms with Crippen molar-refractivity contribution < 1.29 is 8.53 Å². The van der Waals surface area contributed by atoms with E-state index in [1.165, 1.54) is 16.3 Å². The van der Waals surface area contributed by atoms with Crippen LogP contribution in [-0.4, -0.2) is 19.5 Å². The predicted molar refractivity (Wildman–Crippen MR) is 212 cm³/mol. The molecule has 0 aliphatic heterocycles. The number of hydrogen-bond acceptors (Lipinski definition) is 4. The molecule has 0 N–H and O–H groups in total. The summed E-state index contributed by atoms with van der Waals surface area (Å²) < 4.78 is 32.3. The molecule has 0 fully saturated rings. The first-order valence-corrected chi connectivity index (χ1v) is 17.5. The Hall–Kier alpha value is -5.81. The molecule has 0 aliphatic rings. The predicted octanol–water partition coefficient (Wildman–Crippen LogP) is 12.3. The van der Waals surface area contributed by atoms with E-state index < -0.39 is 6.85 Å². The zero-order valence-electron chi connectivity index (χ0n) is 32.7. The second-order valence-corrected chi connectivity index (χ2v) is 15.6. The largest absolute Gasteiger partial charge is 0.437 e. The molecule has 0 unspecified atom stereocenters. The highest BCUT2D eigenvalue weighted by Gasteiger charge is 2.26. The lowest BCUT2D eigenvalue weighted by Gasteiger charge is -2.26. The number of hydrogen-bond donors (Lipinski definition) is 0. The maximum absolute atomic E-state index is 7.90. The Morgan fingerprint density at radius 1 is 0.588 bits per heavy atom. The highest BCUT2D eigenvalue weighted by molar-refractivity contribution is 6.09. The van der Waals surface area contributed by atoms with E-state index in [1.807, 2.05) is 36.4 Å². The Labute approximate surface area is 301 Å². The molecule has 0 saturated heterocycles. The van der Waals surface area contributed by atoms with Gasteiger partial charge in [-0.05, 0) is 88.9 Å². The quantitative estimate of drug-likeness (QED) is 0.176. The molecule has 0 saturated carbocycles. The molecule has 4 heterocycles. The van der Waals surface area contributed by atoms with Gasteiger partial charge in [0, 0.05) is 36.8 Å². The molecule has 0 amide bonds. The summed E-state index contributed by atoms with van der Waals surface area (Å²) in [6, 6.07) is 39.5. The van der Waals surface area contributed by atoms with Crippen LogP contribution in [0.3, 0.4) is 0 Å². The van der Waals surface area contributed by atoms with E-state index in [1.54, 1.807) is 12.1 Å². The van der Waals surface area contributed by atoms with Crippen LogP contribution >= 0.6 is 0 Å². The van der Waals surface area contributed by atoms with Crippen molar-refractivity contribution in [3.05, 3.63) is 132 Å². The van der Waals surface area contributed by atoms with Crippen LogP contribution in [0.4, 0.5) is 0 Å². The molecule has 9 rings (SSSR count). The van der Waals surface area contributed by atoms with E-state index in [4.69, 9.17) is 18.5 Å². The fraction of sp³-hybridized carbons (Fsp3) is 0.196. The van der Waals surface area contributed by atoms with Crippen molar-refractivity contribution in [3.8, 4) is 28.2 Å². The lowest BCUT2D eigenvalue weighted by Crippen LogP contribution is -2.16. The molecule has 9 aromatic rings. The van der Waals surface area contributed by atoms with Crippen LogP contribution in [-0.2, 0) is 10.8 Å². The molecule has 0 atom stereocenters. The highest BCUT2D eigenvalue weighted by atomic mass is 16.3. The number of fused-ring (bicyclic) bond motifs is 7. The monoisotopic (exact) mass is 667 g/mol. The number of pyridine rings is 2. The minimum absolute atomic E-state index is 0.00339. The van der Waals surface area contributed by atoms with Crippen molar-refractivity contribution in [2.24, 2.45) is 0 Å². The van der Waals surface area contributed by atoms with Crippen molar-refractivity contribution in [1.82, 2.24) is 19.5 Å². The van der Waals surface area contributed by atoms with Gasteiger partial charge in [-0.2, -0.15) is 0 Å². The Bertz CT molecular complexity index is 2960. The summed E-state index contributed by atoms with van der Waals surface area (Å²) in [7, 11) is 0. The number of rotatable bonds is 3. The van der Waals surface area contributed by atoms with Crippen LogP contribution in [0.15, 0.2) is 120 Å². The van der Waals surface area contributed by atoms with Gasteiger partial charge >= 0.3 is 0 Å². The number of imidazole rings is 1. The summed E-state index contributed by atoms with van der Waals surface area (Å²) in [6.07, 6.45) is 0. The van der Waals surface area contributed by atoms with Crippen LogP contribution < -0.4 is 0 Å². The maximum Gasteiger partial charge on any atom is 0.227 e. The second-order valence-electron chi connectivity index (χ2n) is 15.6. The van der Waals surface area contributed by atoms with E-state index in [0.717, 1.165) is 66.6 Å². The number of aromatic nitrogens is 4. The minimum Gasteiger partial charge on any atom is -0.437 e. The van der Waals surface area contributed by atoms with Crippen molar-refractivity contribution in [1.29, 1.82) is 0 Å². The first-order chi connectivity index (χ1) is 25.7. The van der Waals surface area contributed by atoms with Gasteiger partial charge in [0.2, 0.25) is 5.71 Å². The third-order valence-electron chi connectivity index (χ3n) is 9.96. The van der Waals surface area contributed by atoms with Gasteiger partial charge in [-0.25, -0.2) is 9.97 Å². The van der Waals surface area contributed by atoms with Crippen molar-refractivity contribution in [2.45, 2.75) is 59.2 Å². The molecule has 4 aromatic heterocycles. The summed E-state index contributed by atoms with van der Waals surface area (Å²) in [5, 5.41) is 5.14. The van der Waals surface area contributed by atoms with Gasteiger partial charge in [0.1, 0.15) is 11.4 Å². The SMILES string of the molecule is [2H]C([2H])([2H])c1ccc2c(n1)oc1c(-c3nc4ccccc4n3-c3ccc(-c4ccc5c(C(C)(C)C)nc6ccccc6c5c4)cc3C(C)(C)C)cccc12. The number of aryl methyl sites for hydroxylation is 1. The van der Waals surface area contributed by atoms with Crippen LogP contribution in [0.1, 0.15) is 62.6 Å². The van der Waals surface area contributed by atoms with E-state index in [-0.39, 0.29) is 16.5 Å². The van der Waals surface area contributed by atoms with Gasteiger partial charge in [-0.15, -0.1) is 0 Å². The van der Waals surface area contributed by atoms with Gasteiger partial charge in [-0.1, -0.05) is 102 Å². The van der Waals surface area contributed by atoms with Crippen LogP contribution in [0.2, 0.25) is 0 Å². The standard InChI is InChI=1S/C46H40N4O/c1-27-19-22-33-31-14-12-15-34(41(31)51-44(33)47-27)43-49-38-17-10-11-18-40(38)50(43)39-24-21-29(26-36(39)45(2,3)4)28-20-23-32-35(25-28)30-13-8-9-16-37(30)48-42(32)46(5,6)7/h8-26H,1-7H3/i1D3. The fourth-order valence-corrected chi connectivity index (χ4v) is 7.52. The molecule has 51 heavy (non-hydrogen) atoms. The summed E-state index contributed by atoms with van der Waals surface area (Å²) in [5.74, 6) is 0.731. The lowest BCUT2D eigenvalue weighted by molar-refractivity contribution is 0.578. The molecule has 0 radical (unpaired) electrons. The molecule has 250 valence electrons. The second kappa shape index (κ2) is 11.1. The van der Waals surface area contributed by atoms with Gasteiger partial charge in [0.15, 0.2) is 0 Å². The third-order valence-corrected chi connectivity index (χ3v) is 9.96. The van der Waals surface area contributed by atoms with E-state index in [2.05, 4.69) is 118 Å². The zero-order chi connectivity index (χ0) is 37.7. The summed E-state index contributed by atoms with van der Waals surface area (Å²) in [5.41, 5.74) is 9.76. The van der Waals surface area contributed by atoms with Crippen LogP contribution in [0.5, 0.6) is 0 Å². The molecular formula is C46H40N4O. The zero-order valence-corrected chi connectivity index (χ0v) is 29.7. The number of para-hydroxylation sites is 4. The molecule has 0 spiro atoms. The fourth-order valence-electron chi connectivity index (χ4n) is 7.52. The van der Waals surface area contributed by atoms with E-state index >= 15 is 0 Å². The van der Waals surface area contributed by atoms with Crippen LogP contribution in [0, 0.1) is 6.85 Å². The average molecular weight is 668 g/mol. The highest BCUT2D eigenvalue weighted by Crippen LogP contribution is 2.42. The van der Waals surface area contributed by atoms with Crippen molar-refractivity contribution >= 4 is 54.8 Å². The summed E-state index contributed by atoms with van der Waals surface area (Å²) in [4.78, 5) is 14.8. The van der Waals surface area contributed by atoms with Gasteiger partial charge in [0.05, 0.1) is 33.5 Å². The molecule has 0 aliphatic carbocycles. The number of nitrogens with zero attached hydrogens (tertiary/aromatic N) is 4. The van der Waals surface area contributed by atoms with Crippen molar-refractivity contribution in [3.63, 3.8) is 0 Å². The summed E-state index contributed by atoms with van der Waals surface area (Å²) >= 11 is 0. The molecule has 5 heteroatoms. The Morgan fingerprint density at radius 2 is 1.31 bits per heavy atom. The van der Waals surface area contributed by atoms with Crippen molar-refractivity contribution in [2.75, 3.05) is 0 Å². The molecular weight excluding hydrogens is 625 g/mol. The number of furan rings is 1. The lowest BCUT2D eigenvalue weighted by atomic mass is 9.83. The minimum atomic E-state index is -2.34. The Morgan fingerprint density at radius 3 is 2.12 bits per heavy atom. The normalized spacial score (nSPS) is 13.7. The average Bonchev–Trinajstić information content (AvgIpc) is 3.71. The molecule has 5 nitrogen and oxygen atoms in total. The van der Waals surface area contributed by atoms with Gasteiger partial charge in [-0.3, -0.25) is 9.55 Å². The van der Waals surface area contributed by atoms with E-state index in [9.17, 15) is 0 Å². The maximum atomic E-state index is 7.90. The van der Waals surface area contributed by atoms with Gasteiger partial charge < -0.3 is 4.42 Å².